The lowest BCUT2D eigenvalue weighted by atomic mass is 10.1. The van der Waals surface area contributed by atoms with Crippen LogP contribution < -0.4 is 14.9 Å². The number of thiazole rings is 1. The SMILES string of the molecule is CONC(=O)c1nc(-c2ccc(OC(F)F)c3oc4ccc(NS(C)(=O)=O)cc4c23)sc1C. The van der Waals surface area contributed by atoms with Crippen LogP contribution in [0.15, 0.2) is 34.7 Å². The zero-order chi connectivity index (χ0) is 23.9. The minimum atomic E-state index is -3.56. The Bertz CT molecular complexity index is 1480. The van der Waals surface area contributed by atoms with E-state index >= 15 is 0 Å². The number of hydrogen-bond acceptors (Lipinski definition) is 8. The van der Waals surface area contributed by atoms with Crippen LogP contribution in [0, 0.1) is 6.92 Å². The zero-order valence-electron chi connectivity index (χ0n) is 17.4. The molecule has 0 saturated heterocycles. The topological polar surface area (TPSA) is 120 Å². The summed E-state index contributed by atoms with van der Waals surface area (Å²) in [7, 11) is -2.26. The summed E-state index contributed by atoms with van der Waals surface area (Å²) < 4.78 is 62.1. The molecule has 0 radical (unpaired) electrons. The molecule has 9 nitrogen and oxygen atoms in total. The van der Waals surface area contributed by atoms with Crippen molar-refractivity contribution in [2.45, 2.75) is 13.5 Å². The molecule has 0 bridgehead atoms. The highest BCUT2D eigenvalue weighted by Crippen LogP contribution is 2.43. The predicted octanol–water partition coefficient (Wildman–Crippen LogP) is 4.28. The van der Waals surface area contributed by atoms with Crippen LogP contribution in [0.3, 0.4) is 0 Å². The molecule has 174 valence electrons. The van der Waals surface area contributed by atoms with Gasteiger partial charge in [0.05, 0.1) is 13.4 Å². The number of nitrogens with one attached hydrogen (secondary N) is 2. The summed E-state index contributed by atoms with van der Waals surface area (Å²) in [4.78, 5) is 21.9. The lowest BCUT2D eigenvalue weighted by molar-refractivity contribution is -0.0493. The zero-order valence-corrected chi connectivity index (χ0v) is 19.1. The van der Waals surface area contributed by atoms with E-state index in [1.165, 1.54) is 48.8 Å². The summed E-state index contributed by atoms with van der Waals surface area (Å²) in [5, 5.41) is 1.25. The van der Waals surface area contributed by atoms with Gasteiger partial charge in [-0.15, -0.1) is 11.3 Å². The van der Waals surface area contributed by atoms with Gasteiger partial charge >= 0.3 is 6.61 Å². The third-order valence-electron chi connectivity index (χ3n) is 4.54. The molecule has 2 heterocycles. The number of halogens is 2. The van der Waals surface area contributed by atoms with Crippen LogP contribution in [0.5, 0.6) is 5.75 Å². The quantitative estimate of drug-likeness (QED) is 0.366. The number of hydroxylamine groups is 1. The van der Waals surface area contributed by atoms with Gasteiger partial charge in [0.15, 0.2) is 11.3 Å². The molecule has 1 amide bonds. The molecule has 2 aromatic carbocycles. The first-order chi connectivity index (χ1) is 15.6. The lowest BCUT2D eigenvalue weighted by Crippen LogP contribution is -2.22. The summed E-state index contributed by atoms with van der Waals surface area (Å²) in [5.41, 5.74) is 3.46. The fraction of sp³-hybridized carbons (Fsp3) is 0.200. The average molecular weight is 498 g/mol. The van der Waals surface area contributed by atoms with Crippen molar-refractivity contribution in [1.82, 2.24) is 10.5 Å². The number of aromatic nitrogens is 1. The van der Waals surface area contributed by atoms with E-state index < -0.39 is 22.5 Å². The molecule has 4 aromatic rings. The molecule has 0 atom stereocenters. The standard InChI is InChI=1S/C20H17F2N3O6S2/c1-9-16(18(26)24-29-2)23-19(32-9)11-5-7-14(31-20(21)22)17-15(11)12-8-10(25-33(3,27)28)4-6-13(12)30-17/h4-8,20,25H,1-3H3,(H,24,26). The Morgan fingerprint density at radius 1 is 1.24 bits per heavy atom. The molecule has 0 aliphatic heterocycles. The van der Waals surface area contributed by atoms with Crippen molar-refractivity contribution >= 4 is 54.9 Å². The number of sulfonamides is 1. The van der Waals surface area contributed by atoms with Gasteiger partial charge in [-0.25, -0.2) is 18.9 Å². The summed E-state index contributed by atoms with van der Waals surface area (Å²) in [6.07, 6.45) is 1.01. The molecule has 0 saturated carbocycles. The Hall–Kier alpha value is -3.29. The van der Waals surface area contributed by atoms with Gasteiger partial charge in [0.2, 0.25) is 10.0 Å². The molecule has 0 unspecified atom stereocenters. The highest BCUT2D eigenvalue weighted by Gasteiger charge is 2.23. The largest absolute Gasteiger partial charge is 0.452 e. The third kappa shape index (κ3) is 4.60. The first-order valence-corrected chi connectivity index (χ1v) is 12.0. The number of carbonyl (C=O) groups excluding carboxylic acids is 1. The number of hydrogen-bond donors (Lipinski definition) is 2. The van der Waals surface area contributed by atoms with E-state index in [1.807, 2.05) is 0 Å². The average Bonchev–Trinajstić information content (AvgIpc) is 3.28. The molecule has 13 heteroatoms. The van der Waals surface area contributed by atoms with Crippen LogP contribution in [0.25, 0.3) is 32.5 Å². The van der Waals surface area contributed by atoms with Gasteiger partial charge in [0.25, 0.3) is 5.91 Å². The maximum absolute atomic E-state index is 13.0. The van der Waals surface area contributed by atoms with Crippen molar-refractivity contribution in [2.75, 3.05) is 18.1 Å². The lowest BCUT2D eigenvalue weighted by Gasteiger charge is -2.07. The van der Waals surface area contributed by atoms with E-state index in [-0.39, 0.29) is 22.7 Å². The number of anilines is 1. The van der Waals surface area contributed by atoms with E-state index in [1.54, 1.807) is 6.92 Å². The second-order valence-corrected chi connectivity index (χ2v) is 9.89. The highest BCUT2D eigenvalue weighted by molar-refractivity contribution is 7.92. The Balaban J connectivity index is 1.98. The molecule has 33 heavy (non-hydrogen) atoms. The molecule has 4 rings (SSSR count). The Kier molecular flexibility index (Phi) is 5.95. The number of alkyl halides is 2. The first kappa shape index (κ1) is 22.9. The van der Waals surface area contributed by atoms with Crippen molar-refractivity contribution in [3.05, 3.63) is 40.9 Å². The molecular weight excluding hydrogens is 480 g/mol. The molecule has 0 spiro atoms. The minimum Gasteiger partial charge on any atom is -0.452 e. The van der Waals surface area contributed by atoms with E-state index in [0.29, 0.717) is 31.8 Å². The smallest absolute Gasteiger partial charge is 0.387 e. The van der Waals surface area contributed by atoms with Gasteiger partial charge in [0, 0.05) is 26.9 Å². The molecule has 0 fully saturated rings. The number of furan rings is 1. The van der Waals surface area contributed by atoms with Gasteiger partial charge in [-0.05, 0) is 37.3 Å². The van der Waals surface area contributed by atoms with Crippen molar-refractivity contribution in [1.29, 1.82) is 0 Å². The molecular formula is C20H17F2N3O6S2. The van der Waals surface area contributed by atoms with E-state index in [9.17, 15) is 22.0 Å². The van der Waals surface area contributed by atoms with Crippen molar-refractivity contribution in [2.24, 2.45) is 0 Å². The number of ether oxygens (including phenoxy) is 1. The van der Waals surface area contributed by atoms with Gasteiger partial charge < -0.3 is 9.15 Å². The number of amides is 1. The van der Waals surface area contributed by atoms with Crippen LogP contribution in [0.1, 0.15) is 15.4 Å². The number of benzene rings is 2. The summed E-state index contributed by atoms with van der Waals surface area (Å²) in [5.74, 6) is -0.730. The fourth-order valence-corrected chi connectivity index (χ4v) is 4.86. The normalized spacial score (nSPS) is 11.9. The van der Waals surface area contributed by atoms with Crippen LogP contribution in [-0.2, 0) is 14.9 Å². The van der Waals surface area contributed by atoms with Gasteiger partial charge in [-0.2, -0.15) is 8.78 Å². The Morgan fingerprint density at radius 2 is 2.00 bits per heavy atom. The summed E-state index contributed by atoms with van der Waals surface area (Å²) in [6, 6.07) is 7.38. The number of nitrogens with zero attached hydrogens (tertiary/aromatic N) is 1. The second kappa shape index (κ2) is 8.57. The number of rotatable bonds is 7. The minimum absolute atomic E-state index is 0.0371. The molecule has 0 aliphatic rings. The fourth-order valence-electron chi connectivity index (χ4n) is 3.36. The maximum atomic E-state index is 13.0. The van der Waals surface area contributed by atoms with Crippen LogP contribution in [0.4, 0.5) is 14.5 Å². The molecule has 2 aromatic heterocycles. The van der Waals surface area contributed by atoms with Crippen molar-refractivity contribution in [3.8, 4) is 16.3 Å². The predicted molar refractivity (Wildman–Crippen MR) is 119 cm³/mol. The van der Waals surface area contributed by atoms with E-state index in [4.69, 9.17) is 4.42 Å². The number of carbonyl (C=O) groups is 1. The van der Waals surface area contributed by atoms with Gasteiger partial charge in [-0.3, -0.25) is 14.4 Å². The summed E-state index contributed by atoms with van der Waals surface area (Å²) in [6.45, 7) is -1.38. The second-order valence-electron chi connectivity index (χ2n) is 6.94. The van der Waals surface area contributed by atoms with Crippen molar-refractivity contribution in [3.63, 3.8) is 0 Å². The molecule has 2 N–H and O–H groups in total. The highest BCUT2D eigenvalue weighted by atomic mass is 32.2. The van der Waals surface area contributed by atoms with Crippen LogP contribution >= 0.6 is 11.3 Å². The van der Waals surface area contributed by atoms with E-state index in [0.717, 1.165) is 6.26 Å². The Labute approximate surface area is 190 Å². The molecule has 0 aliphatic carbocycles. The number of aryl methyl sites for hydroxylation is 1. The maximum Gasteiger partial charge on any atom is 0.387 e. The third-order valence-corrected chi connectivity index (χ3v) is 6.15. The number of fused-ring (bicyclic) bond motifs is 3. The first-order valence-electron chi connectivity index (χ1n) is 9.30. The summed E-state index contributed by atoms with van der Waals surface area (Å²) >= 11 is 1.21. The van der Waals surface area contributed by atoms with Crippen LogP contribution in [0.2, 0.25) is 0 Å². The van der Waals surface area contributed by atoms with E-state index in [2.05, 4.69) is 24.8 Å². The van der Waals surface area contributed by atoms with Crippen molar-refractivity contribution < 1.29 is 36.0 Å². The Morgan fingerprint density at radius 3 is 2.67 bits per heavy atom. The van der Waals surface area contributed by atoms with Crippen LogP contribution in [-0.4, -0.2) is 39.3 Å². The monoisotopic (exact) mass is 497 g/mol. The van der Waals surface area contributed by atoms with Gasteiger partial charge in [-0.1, -0.05) is 0 Å². The van der Waals surface area contributed by atoms with Gasteiger partial charge in [0.1, 0.15) is 16.3 Å².